The highest BCUT2D eigenvalue weighted by Gasteiger charge is 2.26. The van der Waals surface area contributed by atoms with Gasteiger partial charge in [-0.15, -0.1) is 0 Å². The van der Waals surface area contributed by atoms with E-state index in [1.54, 1.807) is 6.07 Å². The lowest BCUT2D eigenvalue weighted by atomic mass is 9.96. The van der Waals surface area contributed by atoms with Gasteiger partial charge in [-0.25, -0.2) is 4.79 Å². The molecule has 32 heavy (non-hydrogen) atoms. The van der Waals surface area contributed by atoms with E-state index in [1.807, 2.05) is 12.1 Å². The fourth-order valence-corrected chi connectivity index (χ4v) is 4.78. The first kappa shape index (κ1) is 20.7. The Morgan fingerprint density at radius 3 is 2.06 bits per heavy atom. The largest absolute Gasteiger partial charge is 0.423 e. The van der Waals surface area contributed by atoms with Crippen molar-refractivity contribution >= 4 is 11.0 Å². The topological polar surface area (TPSA) is 36.7 Å². The molecule has 1 aliphatic heterocycles. The number of aryl methyl sites for hydroxylation is 1. The molecule has 0 bridgehead atoms. The van der Waals surface area contributed by atoms with Crippen LogP contribution in [0.25, 0.3) is 11.0 Å². The van der Waals surface area contributed by atoms with Gasteiger partial charge in [0.1, 0.15) is 5.58 Å². The van der Waals surface area contributed by atoms with Gasteiger partial charge >= 0.3 is 5.63 Å². The van der Waals surface area contributed by atoms with E-state index in [0.29, 0.717) is 5.58 Å². The smallest absolute Gasteiger partial charge is 0.336 e. The normalized spacial score (nSPS) is 15.4. The van der Waals surface area contributed by atoms with Gasteiger partial charge in [-0.1, -0.05) is 72.3 Å². The summed E-state index contributed by atoms with van der Waals surface area (Å²) in [5.74, 6) is 0. The summed E-state index contributed by atoms with van der Waals surface area (Å²) in [5.41, 5.74) is 5.28. The molecule has 0 radical (unpaired) electrons. The van der Waals surface area contributed by atoms with E-state index in [2.05, 4.69) is 83.5 Å². The zero-order valence-electron chi connectivity index (χ0n) is 18.4. The van der Waals surface area contributed by atoms with Crippen LogP contribution in [0.4, 0.5) is 0 Å². The molecule has 3 aromatic carbocycles. The number of fused-ring (bicyclic) bond motifs is 1. The molecular formula is C28H28N2O2. The van der Waals surface area contributed by atoms with E-state index in [4.69, 9.17) is 4.42 Å². The average Bonchev–Trinajstić information content (AvgIpc) is 2.82. The van der Waals surface area contributed by atoms with E-state index in [1.165, 1.54) is 16.7 Å². The number of piperazine rings is 1. The Balaban J connectivity index is 1.35. The van der Waals surface area contributed by atoms with Crippen LogP contribution in [0.1, 0.15) is 28.3 Å². The third-order valence-corrected chi connectivity index (χ3v) is 6.38. The summed E-state index contributed by atoms with van der Waals surface area (Å²) in [6.07, 6.45) is 0. The number of hydrogen-bond donors (Lipinski definition) is 0. The van der Waals surface area contributed by atoms with Gasteiger partial charge in [-0.2, -0.15) is 0 Å². The van der Waals surface area contributed by atoms with Gasteiger partial charge in [0.05, 0.1) is 6.04 Å². The second-order valence-electron chi connectivity index (χ2n) is 8.63. The van der Waals surface area contributed by atoms with Gasteiger partial charge in [-0.05, 0) is 35.7 Å². The van der Waals surface area contributed by atoms with E-state index < -0.39 is 0 Å². The molecule has 1 aliphatic rings. The third kappa shape index (κ3) is 4.38. The standard InChI is InChI=1S/C28H28N2O2/c1-21-12-13-26-25(18-21)24(19-27(31)32-26)20-29-14-16-30(17-15-29)28(22-8-4-2-5-9-22)23-10-6-3-7-11-23/h2-13,18-19,28H,14-17,20H2,1H3. The van der Waals surface area contributed by atoms with Gasteiger partial charge in [-0.3, -0.25) is 9.80 Å². The number of rotatable bonds is 5. The number of benzene rings is 3. The predicted molar refractivity (Wildman–Crippen MR) is 129 cm³/mol. The lowest BCUT2D eigenvalue weighted by Gasteiger charge is -2.40. The van der Waals surface area contributed by atoms with Crippen LogP contribution in [0.15, 0.2) is 94.1 Å². The summed E-state index contributed by atoms with van der Waals surface area (Å²) < 4.78 is 5.41. The summed E-state index contributed by atoms with van der Waals surface area (Å²) >= 11 is 0. The van der Waals surface area contributed by atoms with Crippen molar-refractivity contribution in [2.45, 2.75) is 19.5 Å². The lowest BCUT2D eigenvalue weighted by Crippen LogP contribution is -2.47. The minimum absolute atomic E-state index is 0.256. The van der Waals surface area contributed by atoms with Crippen LogP contribution in [-0.4, -0.2) is 36.0 Å². The molecule has 2 heterocycles. The molecule has 0 saturated carbocycles. The van der Waals surface area contributed by atoms with Crippen molar-refractivity contribution in [3.05, 3.63) is 118 Å². The molecule has 4 nitrogen and oxygen atoms in total. The number of hydrogen-bond acceptors (Lipinski definition) is 4. The fourth-order valence-electron chi connectivity index (χ4n) is 4.78. The molecule has 0 atom stereocenters. The van der Waals surface area contributed by atoms with Crippen molar-refractivity contribution in [2.75, 3.05) is 26.2 Å². The minimum Gasteiger partial charge on any atom is -0.423 e. The maximum atomic E-state index is 12.1. The Bertz CT molecular complexity index is 1200. The molecule has 0 spiro atoms. The average molecular weight is 425 g/mol. The number of nitrogens with zero attached hydrogens (tertiary/aromatic N) is 2. The van der Waals surface area contributed by atoms with Gasteiger partial charge < -0.3 is 4.42 Å². The van der Waals surface area contributed by atoms with E-state index in [0.717, 1.165) is 43.7 Å². The maximum absolute atomic E-state index is 12.1. The Morgan fingerprint density at radius 2 is 1.44 bits per heavy atom. The Labute approximate surface area is 188 Å². The molecule has 0 amide bonds. The highest BCUT2D eigenvalue weighted by molar-refractivity contribution is 5.80. The summed E-state index contributed by atoms with van der Waals surface area (Å²) in [5, 5.41) is 1.04. The first-order chi connectivity index (χ1) is 15.7. The maximum Gasteiger partial charge on any atom is 0.336 e. The molecule has 1 fully saturated rings. The van der Waals surface area contributed by atoms with Crippen LogP contribution in [0.3, 0.4) is 0 Å². The summed E-state index contributed by atoms with van der Waals surface area (Å²) in [4.78, 5) is 17.1. The Hall–Kier alpha value is -3.21. The van der Waals surface area contributed by atoms with Crippen molar-refractivity contribution in [2.24, 2.45) is 0 Å². The predicted octanol–water partition coefficient (Wildman–Crippen LogP) is 5.01. The molecule has 4 heteroatoms. The molecule has 5 rings (SSSR count). The van der Waals surface area contributed by atoms with Crippen molar-refractivity contribution in [1.29, 1.82) is 0 Å². The van der Waals surface area contributed by atoms with Crippen LogP contribution in [0, 0.1) is 6.92 Å². The molecule has 0 aliphatic carbocycles. The minimum atomic E-state index is -0.275. The second-order valence-corrected chi connectivity index (χ2v) is 8.63. The van der Waals surface area contributed by atoms with Crippen LogP contribution in [0.2, 0.25) is 0 Å². The molecule has 4 aromatic rings. The first-order valence-corrected chi connectivity index (χ1v) is 11.3. The van der Waals surface area contributed by atoms with Gasteiger partial charge in [0.2, 0.25) is 0 Å². The van der Waals surface area contributed by atoms with Crippen LogP contribution in [0.5, 0.6) is 0 Å². The van der Waals surface area contributed by atoms with Gasteiger partial charge in [0.25, 0.3) is 0 Å². The zero-order chi connectivity index (χ0) is 21.9. The fraction of sp³-hybridized carbons (Fsp3) is 0.250. The SMILES string of the molecule is Cc1ccc2oc(=O)cc(CN3CCN(C(c4ccccc4)c4ccccc4)CC3)c2c1. The molecule has 1 aromatic heterocycles. The second kappa shape index (κ2) is 9.11. The van der Waals surface area contributed by atoms with E-state index in [-0.39, 0.29) is 11.7 Å². The quantitative estimate of drug-likeness (QED) is 0.422. The van der Waals surface area contributed by atoms with Gasteiger partial charge in [0, 0.05) is 44.2 Å². The van der Waals surface area contributed by atoms with Crippen molar-refractivity contribution in [3.8, 4) is 0 Å². The van der Waals surface area contributed by atoms with Crippen molar-refractivity contribution in [3.63, 3.8) is 0 Å². The molecular weight excluding hydrogens is 396 g/mol. The molecule has 0 N–H and O–H groups in total. The molecule has 162 valence electrons. The van der Waals surface area contributed by atoms with Crippen molar-refractivity contribution < 1.29 is 4.42 Å². The highest BCUT2D eigenvalue weighted by Crippen LogP contribution is 2.30. The third-order valence-electron chi connectivity index (χ3n) is 6.38. The zero-order valence-corrected chi connectivity index (χ0v) is 18.4. The molecule has 0 unspecified atom stereocenters. The monoisotopic (exact) mass is 424 g/mol. The van der Waals surface area contributed by atoms with Gasteiger partial charge in [0.15, 0.2) is 0 Å². The summed E-state index contributed by atoms with van der Waals surface area (Å²) in [6, 6.07) is 29.4. The van der Waals surface area contributed by atoms with E-state index in [9.17, 15) is 4.79 Å². The highest BCUT2D eigenvalue weighted by atomic mass is 16.4. The Morgan fingerprint density at radius 1 is 0.812 bits per heavy atom. The van der Waals surface area contributed by atoms with Crippen molar-refractivity contribution in [1.82, 2.24) is 9.80 Å². The van der Waals surface area contributed by atoms with Crippen LogP contribution in [-0.2, 0) is 6.54 Å². The van der Waals surface area contributed by atoms with E-state index >= 15 is 0 Å². The summed E-state index contributed by atoms with van der Waals surface area (Å²) in [7, 11) is 0. The Kier molecular flexibility index (Phi) is 5.89. The van der Waals surface area contributed by atoms with Crippen LogP contribution < -0.4 is 5.63 Å². The summed E-state index contributed by atoms with van der Waals surface area (Å²) in [6.45, 7) is 6.72. The molecule has 1 saturated heterocycles. The lowest BCUT2D eigenvalue weighted by molar-refractivity contribution is 0.105. The first-order valence-electron chi connectivity index (χ1n) is 11.3. The van der Waals surface area contributed by atoms with Crippen LogP contribution >= 0.6 is 0 Å².